The fourth-order valence-electron chi connectivity index (χ4n) is 1.60. The lowest BCUT2D eigenvalue weighted by molar-refractivity contribution is -0.138. The van der Waals surface area contributed by atoms with Crippen molar-refractivity contribution in [2.24, 2.45) is 0 Å². The Morgan fingerprint density at radius 2 is 1.68 bits per heavy atom. The van der Waals surface area contributed by atoms with Gasteiger partial charge in [-0.2, -0.15) is 0 Å². The topological polar surface area (TPSA) is 61.8 Å². The zero-order valence-electron chi connectivity index (χ0n) is 12.5. The molecule has 0 N–H and O–H groups in total. The van der Waals surface area contributed by atoms with Crippen molar-refractivity contribution >= 4 is 11.9 Å². The largest absolute Gasteiger partial charge is 0.490 e. The van der Waals surface area contributed by atoms with Crippen molar-refractivity contribution in [1.29, 1.82) is 0 Å². The minimum Gasteiger partial charge on any atom is -0.490 e. The number of carbonyl (C=O) groups excluding carboxylic acids is 2. The summed E-state index contributed by atoms with van der Waals surface area (Å²) in [5.41, 5.74) is 0.986. The second kappa shape index (κ2) is 9.39. The van der Waals surface area contributed by atoms with E-state index in [-0.39, 0.29) is 13.2 Å². The van der Waals surface area contributed by atoms with Crippen LogP contribution in [0.3, 0.4) is 0 Å². The molecule has 5 heteroatoms. The highest BCUT2D eigenvalue weighted by Crippen LogP contribution is 2.16. The average molecular weight is 303 g/mol. The van der Waals surface area contributed by atoms with Gasteiger partial charge in [-0.25, -0.2) is 9.59 Å². The van der Waals surface area contributed by atoms with Gasteiger partial charge in [0.15, 0.2) is 6.10 Å². The molecule has 0 fully saturated rings. The van der Waals surface area contributed by atoms with Gasteiger partial charge in [0, 0.05) is 18.6 Å². The quantitative estimate of drug-likeness (QED) is 0.399. The zero-order valence-corrected chi connectivity index (χ0v) is 12.5. The van der Waals surface area contributed by atoms with Gasteiger partial charge in [0.1, 0.15) is 19.0 Å². The fourth-order valence-corrected chi connectivity index (χ4v) is 1.60. The third-order valence-electron chi connectivity index (χ3n) is 2.58. The maximum atomic E-state index is 11.1. The van der Waals surface area contributed by atoms with Crippen LogP contribution >= 0.6 is 0 Å². The lowest BCUT2D eigenvalue weighted by Crippen LogP contribution is -2.10. The summed E-state index contributed by atoms with van der Waals surface area (Å²) < 4.78 is 15.2. The van der Waals surface area contributed by atoms with Crippen LogP contribution in [-0.4, -0.2) is 25.2 Å². The van der Waals surface area contributed by atoms with Crippen LogP contribution in [0.1, 0.15) is 12.5 Å². The van der Waals surface area contributed by atoms with Crippen LogP contribution in [0.4, 0.5) is 0 Å². The van der Waals surface area contributed by atoms with Crippen LogP contribution in [-0.2, 0) is 25.5 Å². The molecule has 22 heavy (non-hydrogen) atoms. The molecule has 0 saturated carbocycles. The summed E-state index contributed by atoms with van der Waals surface area (Å²) in [6.45, 7) is 8.81. The van der Waals surface area contributed by atoms with Crippen molar-refractivity contribution in [3.05, 3.63) is 61.2 Å². The highest BCUT2D eigenvalue weighted by Gasteiger charge is 2.09. The fraction of sp³-hybridized carbons (Fsp3) is 0.235. The maximum absolute atomic E-state index is 11.1. The molecule has 1 aromatic carbocycles. The van der Waals surface area contributed by atoms with E-state index in [1.807, 2.05) is 12.1 Å². The van der Waals surface area contributed by atoms with E-state index >= 15 is 0 Å². The molecule has 5 nitrogen and oxygen atoms in total. The van der Waals surface area contributed by atoms with Crippen LogP contribution in [0.15, 0.2) is 49.6 Å². The Morgan fingerprint density at radius 1 is 1.05 bits per heavy atom. The molecule has 0 bridgehead atoms. The summed E-state index contributed by atoms with van der Waals surface area (Å²) in [5.74, 6) is -0.273. The summed E-state index contributed by atoms with van der Waals surface area (Å²) >= 11 is 0. The van der Waals surface area contributed by atoms with Crippen LogP contribution in [0.5, 0.6) is 5.75 Å². The highest BCUT2D eigenvalue weighted by atomic mass is 16.6. The molecule has 0 aromatic heterocycles. The Hall–Kier alpha value is -2.56. The van der Waals surface area contributed by atoms with E-state index in [9.17, 15) is 9.59 Å². The molecule has 0 aliphatic carbocycles. The van der Waals surface area contributed by atoms with Gasteiger partial charge in [-0.3, -0.25) is 0 Å². The molecule has 0 amide bonds. The van der Waals surface area contributed by atoms with Gasteiger partial charge in [-0.05, 0) is 24.6 Å². The van der Waals surface area contributed by atoms with Gasteiger partial charge in [0.05, 0.1) is 0 Å². The lowest BCUT2D eigenvalue weighted by Gasteiger charge is -2.11. The number of hydrogen-bond acceptors (Lipinski definition) is 5. The first-order valence-corrected chi connectivity index (χ1v) is 6.72. The molecule has 0 atom stereocenters. The van der Waals surface area contributed by atoms with Gasteiger partial charge in [0.2, 0.25) is 0 Å². The normalized spacial score (nSPS) is 9.91. The smallest absolute Gasteiger partial charge is 0.330 e. The molecule has 1 aromatic rings. The number of ether oxygens (including phenoxy) is 3. The summed E-state index contributed by atoms with van der Waals surface area (Å²) in [4.78, 5) is 21.9. The molecule has 0 aliphatic rings. The molecule has 0 spiro atoms. The summed E-state index contributed by atoms with van der Waals surface area (Å²) in [5, 5.41) is 0. The monoisotopic (exact) mass is 303 g/mol. The molecular formula is C17H19O5. The van der Waals surface area contributed by atoms with E-state index < -0.39 is 11.9 Å². The molecule has 0 heterocycles. The van der Waals surface area contributed by atoms with Gasteiger partial charge in [-0.15, -0.1) is 0 Å². The van der Waals surface area contributed by atoms with Crippen LogP contribution in [0.25, 0.3) is 0 Å². The van der Waals surface area contributed by atoms with Gasteiger partial charge in [-0.1, -0.05) is 25.3 Å². The molecule has 0 saturated heterocycles. The van der Waals surface area contributed by atoms with Gasteiger partial charge < -0.3 is 14.2 Å². The first-order valence-electron chi connectivity index (χ1n) is 6.72. The Bertz CT molecular complexity index is 518. The van der Waals surface area contributed by atoms with Crippen LogP contribution < -0.4 is 4.74 Å². The van der Waals surface area contributed by atoms with Gasteiger partial charge >= 0.3 is 11.9 Å². The SMILES string of the molecule is C=CC(=O)OCCOc1ccc(C[C](C)OC(=O)C=C)cc1. The molecule has 117 valence electrons. The van der Waals surface area contributed by atoms with E-state index in [0.29, 0.717) is 18.3 Å². The van der Waals surface area contributed by atoms with Crippen molar-refractivity contribution in [1.82, 2.24) is 0 Å². The van der Waals surface area contributed by atoms with E-state index in [0.717, 1.165) is 17.7 Å². The molecular weight excluding hydrogens is 284 g/mol. The molecule has 1 rings (SSSR count). The third-order valence-corrected chi connectivity index (χ3v) is 2.58. The Balaban J connectivity index is 2.36. The van der Waals surface area contributed by atoms with Crippen LogP contribution in [0, 0.1) is 6.10 Å². The van der Waals surface area contributed by atoms with Crippen molar-refractivity contribution in [2.75, 3.05) is 13.2 Å². The van der Waals surface area contributed by atoms with Crippen molar-refractivity contribution in [2.45, 2.75) is 13.3 Å². The lowest BCUT2D eigenvalue weighted by atomic mass is 10.1. The van der Waals surface area contributed by atoms with E-state index in [4.69, 9.17) is 14.2 Å². The molecule has 0 unspecified atom stereocenters. The van der Waals surface area contributed by atoms with E-state index in [1.54, 1.807) is 19.1 Å². The number of esters is 2. The summed E-state index contributed by atoms with van der Waals surface area (Å²) in [6.07, 6.45) is 3.35. The second-order valence-corrected chi connectivity index (χ2v) is 4.37. The van der Waals surface area contributed by atoms with Gasteiger partial charge in [0.25, 0.3) is 0 Å². The minimum absolute atomic E-state index is 0.164. The van der Waals surface area contributed by atoms with E-state index in [2.05, 4.69) is 13.2 Å². The number of hydrogen-bond donors (Lipinski definition) is 0. The predicted octanol–water partition coefficient (Wildman–Crippen LogP) is 2.62. The Morgan fingerprint density at radius 3 is 2.27 bits per heavy atom. The standard InChI is InChI=1S/C17H19O5/c1-4-16(18)21-11-10-20-15-8-6-14(7-9-15)12-13(3)22-17(19)5-2/h4-9H,1-2,10-12H2,3H3. The zero-order chi connectivity index (χ0) is 16.4. The summed E-state index contributed by atoms with van der Waals surface area (Å²) in [6, 6.07) is 7.34. The van der Waals surface area contributed by atoms with Crippen molar-refractivity contribution in [3.63, 3.8) is 0 Å². The predicted molar refractivity (Wildman–Crippen MR) is 82.0 cm³/mol. The number of benzene rings is 1. The van der Waals surface area contributed by atoms with Crippen molar-refractivity contribution in [3.8, 4) is 5.75 Å². The first kappa shape index (κ1) is 17.5. The maximum Gasteiger partial charge on any atom is 0.330 e. The Kier molecular flexibility index (Phi) is 7.47. The molecule has 0 aliphatic heterocycles. The van der Waals surface area contributed by atoms with E-state index in [1.165, 1.54) is 0 Å². The highest BCUT2D eigenvalue weighted by molar-refractivity contribution is 5.81. The average Bonchev–Trinajstić information content (AvgIpc) is 2.52. The summed E-state index contributed by atoms with van der Waals surface area (Å²) in [7, 11) is 0. The van der Waals surface area contributed by atoms with Crippen molar-refractivity contribution < 1.29 is 23.8 Å². The first-order chi connectivity index (χ1) is 10.5. The van der Waals surface area contributed by atoms with Crippen LogP contribution in [0.2, 0.25) is 0 Å². The number of rotatable bonds is 9. The third kappa shape index (κ3) is 6.74. The second-order valence-electron chi connectivity index (χ2n) is 4.37. The Labute approximate surface area is 130 Å². The number of carbonyl (C=O) groups is 2. The minimum atomic E-state index is -0.473. The molecule has 1 radical (unpaired) electrons.